The number of nitrogens with zero attached hydrogens (tertiary/aromatic N) is 2. The number of alkyl halides is 2. The van der Waals surface area contributed by atoms with Gasteiger partial charge in [-0.1, -0.05) is 30.3 Å². The lowest BCUT2D eigenvalue weighted by atomic mass is 10.1. The van der Waals surface area contributed by atoms with E-state index in [2.05, 4.69) is 0 Å². The van der Waals surface area contributed by atoms with Gasteiger partial charge in [-0.25, -0.2) is 13.6 Å². The van der Waals surface area contributed by atoms with Crippen LogP contribution in [0.1, 0.15) is 26.3 Å². The van der Waals surface area contributed by atoms with Crippen molar-refractivity contribution in [1.29, 1.82) is 0 Å². The summed E-state index contributed by atoms with van der Waals surface area (Å²) in [5, 5.41) is 0. The van der Waals surface area contributed by atoms with Crippen molar-refractivity contribution < 1.29 is 18.3 Å². The predicted molar refractivity (Wildman–Crippen MR) is 84.5 cm³/mol. The highest BCUT2D eigenvalue weighted by molar-refractivity contribution is 5.68. The van der Waals surface area contributed by atoms with Gasteiger partial charge in [0, 0.05) is 26.2 Å². The second-order valence-electron chi connectivity index (χ2n) is 6.78. The van der Waals surface area contributed by atoms with Crippen molar-refractivity contribution in [3.8, 4) is 0 Å². The van der Waals surface area contributed by atoms with E-state index >= 15 is 0 Å². The van der Waals surface area contributed by atoms with E-state index in [1.54, 1.807) is 25.7 Å². The second-order valence-corrected chi connectivity index (χ2v) is 6.78. The van der Waals surface area contributed by atoms with E-state index < -0.39 is 24.2 Å². The number of hydrogen-bond donors (Lipinski definition) is 0. The SMILES string of the molecule is CC(C)(C)OC(=O)N1CCN(Cc2ccccc2)[C@@H](C(F)F)C1. The van der Waals surface area contributed by atoms with Gasteiger partial charge in [0.2, 0.25) is 0 Å². The Bertz CT molecular complexity index is 517. The average molecular weight is 326 g/mol. The van der Waals surface area contributed by atoms with Crippen molar-refractivity contribution in [2.75, 3.05) is 19.6 Å². The van der Waals surface area contributed by atoms with Gasteiger partial charge in [0.25, 0.3) is 6.43 Å². The van der Waals surface area contributed by atoms with Crippen molar-refractivity contribution in [3.05, 3.63) is 35.9 Å². The lowest BCUT2D eigenvalue weighted by Gasteiger charge is -2.41. The van der Waals surface area contributed by atoms with E-state index in [0.29, 0.717) is 19.6 Å². The molecule has 1 fully saturated rings. The summed E-state index contributed by atoms with van der Waals surface area (Å²) in [6, 6.07) is 8.55. The van der Waals surface area contributed by atoms with E-state index in [0.717, 1.165) is 5.56 Å². The van der Waals surface area contributed by atoms with E-state index in [1.165, 1.54) is 4.90 Å². The standard InChI is InChI=1S/C17H24F2N2O2/c1-17(2,3)23-16(22)21-10-9-20(14(12-21)15(18)19)11-13-7-5-4-6-8-13/h4-8,14-15H,9-12H2,1-3H3/t14-/m1/s1. The van der Waals surface area contributed by atoms with Crippen LogP contribution in [-0.4, -0.2) is 53.6 Å². The van der Waals surface area contributed by atoms with Crippen LogP contribution >= 0.6 is 0 Å². The molecule has 1 saturated heterocycles. The van der Waals surface area contributed by atoms with Gasteiger partial charge in [0.1, 0.15) is 5.60 Å². The third kappa shape index (κ3) is 5.16. The number of piperazine rings is 1. The Morgan fingerprint density at radius 1 is 1.26 bits per heavy atom. The number of carbonyl (C=O) groups is 1. The summed E-state index contributed by atoms with van der Waals surface area (Å²) in [6.07, 6.45) is -3.04. The topological polar surface area (TPSA) is 32.8 Å². The predicted octanol–water partition coefficient (Wildman–Crippen LogP) is 3.37. The second kappa shape index (κ2) is 7.25. The minimum absolute atomic E-state index is 0.0145. The number of carbonyl (C=O) groups excluding carboxylic acids is 1. The summed E-state index contributed by atoms with van der Waals surface area (Å²) in [4.78, 5) is 15.2. The molecule has 1 aromatic carbocycles. The molecule has 2 rings (SSSR count). The smallest absolute Gasteiger partial charge is 0.410 e. The van der Waals surface area contributed by atoms with Crippen molar-refractivity contribution in [1.82, 2.24) is 9.80 Å². The lowest BCUT2D eigenvalue weighted by Crippen LogP contribution is -2.57. The third-order valence-corrected chi connectivity index (χ3v) is 3.70. The Morgan fingerprint density at radius 3 is 2.48 bits per heavy atom. The summed E-state index contributed by atoms with van der Waals surface area (Å²) in [5.74, 6) is 0. The molecule has 23 heavy (non-hydrogen) atoms. The summed E-state index contributed by atoms with van der Waals surface area (Å²) in [5.41, 5.74) is 0.363. The molecular formula is C17H24F2N2O2. The molecule has 0 radical (unpaired) electrons. The molecule has 6 heteroatoms. The van der Waals surface area contributed by atoms with Crippen LogP contribution in [0.4, 0.5) is 13.6 Å². The van der Waals surface area contributed by atoms with Crippen molar-refractivity contribution in [2.45, 2.75) is 45.4 Å². The van der Waals surface area contributed by atoms with Gasteiger partial charge in [-0.3, -0.25) is 4.90 Å². The number of hydrogen-bond acceptors (Lipinski definition) is 3. The fourth-order valence-corrected chi connectivity index (χ4v) is 2.59. The zero-order valence-corrected chi connectivity index (χ0v) is 13.8. The van der Waals surface area contributed by atoms with Crippen molar-refractivity contribution >= 4 is 6.09 Å². The van der Waals surface area contributed by atoms with Gasteiger partial charge in [0.15, 0.2) is 0 Å². The van der Waals surface area contributed by atoms with E-state index in [1.807, 2.05) is 30.3 Å². The van der Waals surface area contributed by atoms with Crippen molar-refractivity contribution in [2.24, 2.45) is 0 Å². The molecule has 0 bridgehead atoms. The van der Waals surface area contributed by atoms with Gasteiger partial charge in [-0.2, -0.15) is 0 Å². The molecule has 4 nitrogen and oxygen atoms in total. The molecule has 1 atom stereocenters. The molecule has 1 aliphatic heterocycles. The van der Waals surface area contributed by atoms with Crippen LogP contribution in [-0.2, 0) is 11.3 Å². The third-order valence-electron chi connectivity index (χ3n) is 3.70. The summed E-state index contributed by atoms with van der Waals surface area (Å²) in [6.45, 7) is 6.54. The first kappa shape index (κ1) is 17.7. The molecule has 0 saturated carbocycles. The number of benzene rings is 1. The summed E-state index contributed by atoms with van der Waals surface area (Å²) < 4.78 is 32.1. The Labute approximate surface area is 136 Å². The first-order valence-corrected chi connectivity index (χ1v) is 7.80. The van der Waals surface area contributed by atoms with Crippen LogP contribution < -0.4 is 0 Å². The minimum Gasteiger partial charge on any atom is -0.444 e. The van der Waals surface area contributed by atoms with E-state index in [4.69, 9.17) is 4.74 Å². The molecule has 0 aromatic heterocycles. The van der Waals surface area contributed by atoms with Gasteiger partial charge < -0.3 is 9.64 Å². The van der Waals surface area contributed by atoms with Crippen LogP contribution in [0.25, 0.3) is 0 Å². The zero-order valence-electron chi connectivity index (χ0n) is 13.8. The van der Waals surface area contributed by atoms with Crippen LogP contribution in [0.5, 0.6) is 0 Å². The van der Waals surface area contributed by atoms with Gasteiger partial charge in [-0.15, -0.1) is 0 Å². The molecule has 128 valence electrons. The fourth-order valence-electron chi connectivity index (χ4n) is 2.59. The summed E-state index contributed by atoms with van der Waals surface area (Å²) >= 11 is 0. The molecular weight excluding hydrogens is 302 g/mol. The normalized spacial score (nSPS) is 19.9. The number of ether oxygens (including phenoxy) is 1. The van der Waals surface area contributed by atoms with Crippen molar-refractivity contribution in [3.63, 3.8) is 0 Å². The highest BCUT2D eigenvalue weighted by atomic mass is 19.3. The number of rotatable bonds is 3. The first-order valence-electron chi connectivity index (χ1n) is 7.80. The number of halogens is 2. The van der Waals surface area contributed by atoms with E-state index in [9.17, 15) is 13.6 Å². The highest BCUT2D eigenvalue weighted by Gasteiger charge is 2.36. The molecule has 0 N–H and O–H groups in total. The largest absolute Gasteiger partial charge is 0.444 e. The van der Waals surface area contributed by atoms with Crippen LogP contribution in [0.2, 0.25) is 0 Å². The monoisotopic (exact) mass is 326 g/mol. The molecule has 0 spiro atoms. The minimum atomic E-state index is -2.51. The Kier molecular flexibility index (Phi) is 5.57. The average Bonchev–Trinajstić information content (AvgIpc) is 2.46. The van der Waals surface area contributed by atoms with Gasteiger partial charge in [0.05, 0.1) is 6.04 Å². The van der Waals surface area contributed by atoms with E-state index in [-0.39, 0.29) is 6.54 Å². The first-order chi connectivity index (χ1) is 10.8. The lowest BCUT2D eigenvalue weighted by molar-refractivity contribution is -0.0382. The zero-order chi connectivity index (χ0) is 17.0. The summed E-state index contributed by atoms with van der Waals surface area (Å²) in [7, 11) is 0. The Morgan fingerprint density at radius 2 is 1.91 bits per heavy atom. The van der Waals surface area contributed by atoms with Crippen LogP contribution in [0.15, 0.2) is 30.3 Å². The van der Waals surface area contributed by atoms with Crippen LogP contribution in [0.3, 0.4) is 0 Å². The van der Waals surface area contributed by atoms with Gasteiger partial charge >= 0.3 is 6.09 Å². The highest BCUT2D eigenvalue weighted by Crippen LogP contribution is 2.21. The quantitative estimate of drug-likeness (QED) is 0.854. The molecule has 1 aliphatic rings. The Hall–Kier alpha value is -1.69. The molecule has 1 amide bonds. The maximum Gasteiger partial charge on any atom is 0.410 e. The fraction of sp³-hybridized carbons (Fsp3) is 0.588. The van der Waals surface area contributed by atoms with Crippen LogP contribution in [0, 0.1) is 0 Å². The molecule has 1 aromatic rings. The van der Waals surface area contributed by atoms with Gasteiger partial charge in [-0.05, 0) is 26.3 Å². The Balaban J connectivity index is 2.02. The molecule has 0 aliphatic carbocycles. The maximum absolute atomic E-state index is 13.4. The number of amides is 1. The maximum atomic E-state index is 13.4. The molecule has 0 unspecified atom stereocenters. The molecule has 1 heterocycles.